The number of thiazole rings is 1. The average molecular weight is 760 g/mol. The Morgan fingerprint density at radius 3 is 2.41 bits per heavy atom. The molecule has 4 aromatic carbocycles. The van der Waals surface area contributed by atoms with Crippen molar-refractivity contribution in [1.29, 1.82) is 0 Å². The van der Waals surface area contributed by atoms with E-state index in [4.69, 9.17) is 14.5 Å². The van der Waals surface area contributed by atoms with E-state index in [0.29, 0.717) is 51.0 Å². The van der Waals surface area contributed by atoms with Crippen LogP contribution in [0.5, 0.6) is 11.5 Å². The molecule has 1 aromatic heterocycles. The first-order valence-electron chi connectivity index (χ1n) is 14.6. The molecule has 10 heteroatoms. The summed E-state index contributed by atoms with van der Waals surface area (Å²) in [6, 6.07) is 29.7. The Morgan fingerprint density at radius 2 is 1.72 bits per heavy atom. The lowest BCUT2D eigenvalue weighted by Gasteiger charge is -2.25. The maximum atomic E-state index is 14.1. The average Bonchev–Trinajstić information content (AvgIpc) is 3.35. The molecule has 0 saturated heterocycles. The number of carbonyl (C=O) groups excluding carboxylic acids is 1. The van der Waals surface area contributed by atoms with Crippen LogP contribution in [-0.2, 0) is 11.4 Å². The van der Waals surface area contributed by atoms with Crippen LogP contribution in [-0.4, -0.2) is 17.1 Å². The summed E-state index contributed by atoms with van der Waals surface area (Å²) in [5, 5.41) is 2.98. The van der Waals surface area contributed by atoms with E-state index in [-0.39, 0.29) is 11.5 Å². The summed E-state index contributed by atoms with van der Waals surface area (Å²) in [7, 11) is 0. The molecule has 46 heavy (non-hydrogen) atoms. The van der Waals surface area contributed by atoms with E-state index in [2.05, 4.69) is 37.2 Å². The molecule has 1 amide bonds. The standard InChI is InChI=1S/C36H29Br2N3O4S/c1-3-44-28-16-12-25(13-17-28)33-32(34(42)40-27-7-5-4-6-8-27)22(2)39-36-41(33)35(43)31(46-36)20-24-11-18-30(29(38)19-24)45-21-23-9-14-26(37)15-10-23/h4-20,33H,3,21H2,1-2H3,(H,40,42)/b31-20-/t33-/m1/s1. The van der Waals surface area contributed by atoms with Gasteiger partial charge in [0.15, 0.2) is 4.80 Å². The van der Waals surface area contributed by atoms with Crippen molar-refractivity contribution in [3.63, 3.8) is 0 Å². The molecular formula is C36H29Br2N3O4S. The molecule has 0 spiro atoms. The van der Waals surface area contributed by atoms with Crippen LogP contribution >= 0.6 is 43.2 Å². The van der Waals surface area contributed by atoms with Crippen LogP contribution in [0.2, 0.25) is 0 Å². The number of fused-ring (bicyclic) bond motifs is 1. The number of nitrogens with zero attached hydrogens (tertiary/aromatic N) is 2. The zero-order chi connectivity index (χ0) is 32.2. The molecule has 2 heterocycles. The van der Waals surface area contributed by atoms with Crippen molar-refractivity contribution in [2.45, 2.75) is 26.5 Å². The van der Waals surface area contributed by atoms with Crippen LogP contribution < -0.4 is 29.7 Å². The Morgan fingerprint density at radius 1 is 0.978 bits per heavy atom. The van der Waals surface area contributed by atoms with Gasteiger partial charge in [-0.3, -0.25) is 14.2 Å². The number of ether oxygens (including phenoxy) is 2. The summed E-state index contributed by atoms with van der Waals surface area (Å²) < 4.78 is 15.6. The van der Waals surface area contributed by atoms with Crippen molar-refractivity contribution < 1.29 is 14.3 Å². The normalized spacial score (nSPS) is 14.4. The van der Waals surface area contributed by atoms with Gasteiger partial charge in [0, 0.05) is 10.2 Å². The van der Waals surface area contributed by atoms with E-state index in [0.717, 1.165) is 25.6 Å². The highest BCUT2D eigenvalue weighted by Gasteiger charge is 2.32. The van der Waals surface area contributed by atoms with Crippen LogP contribution in [0.1, 0.15) is 36.6 Å². The minimum Gasteiger partial charge on any atom is -0.494 e. The van der Waals surface area contributed by atoms with Crippen molar-refractivity contribution in [2.75, 3.05) is 11.9 Å². The van der Waals surface area contributed by atoms with Gasteiger partial charge >= 0.3 is 0 Å². The molecule has 0 bridgehead atoms. The lowest BCUT2D eigenvalue weighted by Crippen LogP contribution is -2.40. The molecule has 0 aliphatic carbocycles. The Hall–Kier alpha value is -4.25. The molecule has 1 aliphatic heterocycles. The molecule has 1 aliphatic rings. The number of aromatic nitrogens is 1. The quantitative estimate of drug-likeness (QED) is 0.170. The van der Waals surface area contributed by atoms with E-state index < -0.39 is 6.04 Å². The monoisotopic (exact) mass is 757 g/mol. The number of hydrogen-bond acceptors (Lipinski definition) is 6. The van der Waals surface area contributed by atoms with Crippen LogP contribution in [0, 0.1) is 0 Å². The molecule has 0 fully saturated rings. The number of para-hydroxylation sites is 1. The van der Waals surface area contributed by atoms with Gasteiger partial charge in [0.25, 0.3) is 11.5 Å². The van der Waals surface area contributed by atoms with Crippen LogP contribution in [0.4, 0.5) is 5.69 Å². The molecule has 1 atom stereocenters. The van der Waals surface area contributed by atoms with Crippen LogP contribution in [0.3, 0.4) is 0 Å². The lowest BCUT2D eigenvalue weighted by atomic mass is 9.95. The lowest BCUT2D eigenvalue weighted by molar-refractivity contribution is -0.113. The van der Waals surface area contributed by atoms with Crippen LogP contribution in [0.15, 0.2) is 127 Å². The van der Waals surface area contributed by atoms with Crippen molar-refractivity contribution in [1.82, 2.24) is 4.57 Å². The number of benzene rings is 4. The number of rotatable bonds is 9. The molecule has 5 aromatic rings. The number of hydrogen-bond donors (Lipinski definition) is 1. The van der Waals surface area contributed by atoms with E-state index in [9.17, 15) is 9.59 Å². The van der Waals surface area contributed by atoms with Crippen LogP contribution in [0.25, 0.3) is 6.08 Å². The van der Waals surface area contributed by atoms with E-state index in [1.54, 1.807) is 4.57 Å². The Kier molecular flexibility index (Phi) is 9.67. The van der Waals surface area contributed by atoms with Crippen molar-refractivity contribution in [3.8, 4) is 11.5 Å². The van der Waals surface area contributed by atoms with Crippen molar-refractivity contribution >= 4 is 60.9 Å². The maximum Gasteiger partial charge on any atom is 0.271 e. The number of amides is 1. The topological polar surface area (TPSA) is 81.9 Å². The second kappa shape index (κ2) is 14.0. The highest BCUT2D eigenvalue weighted by Crippen LogP contribution is 2.32. The largest absolute Gasteiger partial charge is 0.494 e. The number of nitrogens with one attached hydrogen (secondary N) is 1. The van der Waals surface area contributed by atoms with Gasteiger partial charge in [0.2, 0.25) is 0 Å². The highest BCUT2D eigenvalue weighted by atomic mass is 79.9. The van der Waals surface area contributed by atoms with Crippen molar-refractivity contribution in [3.05, 3.63) is 154 Å². The Bertz CT molecular complexity index is 2110. The number of allylic oxidation sites excluding steroid dienone is 1. The first-order chi connectivity index (χ1) is 22.3. The molecule has 0 saturated carbocycles. The smallest absolute Gasteiger partial charge is 0.271 e. The van der Waals surface area contributed by atoms with Gasteiger partial charge in [-0.05, 0) is 101 Å². The van der Waals surface area contributed by atoms with Gasteiger partial charge in [-0.15, -0.1) is 0 Å². The van der Waals surface area contributed by atoms with Gasteiger partial charge in [0.05, 0.1) is 32.9 Å². The number of anilines is 1. The fraction of sp³-hybridized carbons (Fsp3) is 0.139. The summed E-state index contributed by atoms with van der Waals surface area (Å²) in [6.45, 7) is 4.69. The second-order valence-electron chi connectivity index (χ2n) is 10.5. The molecule has 7 nitrogen and oxygen atoms in total. The van der Waals surface area contributed by atoms with Gasteiger partial charge in [-0.25, -0.2) is 4.99 Å². The molecule has 232 valence electrons. The summed E-state index contributed by atoms with van der Waals surface area (Å²) in [5.41, 5.74) is 4.03. The molecular weight excluding hydrogens is 730 g/mol. The summed E-state index contributed by atoms with van der Waals surface area (Å²) in [4.78, 5) is 33.2. The predicted molar refractivity (Wildman–Crippen MR) is 189 cm³/mol. The zero-order valence-electron chi connectivity index (χ0n) is 25.0. The third-order valence-corrected chi connectivity index (χ3v) is 9.50. The highest BCUT2D eigenvalue weighted by molar-refractivity contribution is 9.10. The first kappa shape index (κ1) is 31.7. The Labute approximate surface area is 286 Å². The van der Waals surface area contributed by atoms with Gasteiger partial charge in [-0.1, -0.05) is 75.8 Å². The fourth-order valence-corrected chi connectivity index (χ4v) is 7.00. The fourth-order valence-electron chi connectivity index (χ4n) is 5.18. The second-order valence-corrected chi connectivity index (χ2v) is 13.3. The van der Waals surface area contributed by atoms with E-state index >= 15 is 0 Å². The predicted octanol–water partition coefficient (Wildman–Crippen LogP) is 7.38. The van der Waals surface area contributed by atoms with Gasteiger partial charge in [-0.2, -0.15) is 0 Å². The van der Waals surface area contributed by atoms with Crippen molar-refractivity contribution in [2.24, 2.45) is 4.99 Å². The van der Waals surface area contributed by atoms with E-state index in [1.807, 2.05) is 117 Å². The summed E-state index contributed by atoms with van der Waals surface area (Å²) in [6.07, 6.45) is 1.84. The minimum absolute atomic E-state index is 0.230. The zero-order valence-corrected chi connectivity index (χ0v) is 29.0. The van der Waals surface area contributed by atoms with E-state index in [1.165, 1.54) is 11.3 Å². The molecule has 0 unspecified atom stereocenters. The molecule has 1 N–H and O–H groups in total. The van der Waals surface area contributed by atoms with Gasteiger partial charge in [0.1, 0.15) is 18.1 Å². The third-order valence-electron chi connectivity index (χ3n) is 7.37. The summed E-state index contributed by atoms with van der Waals surface area (Å²) in [5.74, 6) is 1.09. The maximum absolute atomic E-state index is 14.1. The molecule has 0 radical (unpaired) electrons. The molecule has 6 rings (SSSR count). The SMILES string of the molecule is CCOc1ccc([C@@H]2C(C(=O)Nc3ccccc3)=C(C)N=c3s/c(=C\c4ccc(OCc5ccc(Br)cc5)c(Br)c4)c(=O)n32)cc1. The first-order valence-corrected chi connectivity index (χ1v) is 17.0. The third kappa shape index (κ3) is 6.94. The van der Waals surface area contributed by atoms with Gasteiger partial charge < -0.3 is 14.8 Å². The number of carbonyl (C=O) groups is 1. The number of halogens is 2. The summed E-state index contributed by atoms with van der Waals surface area (Å²) >= 11 is 8.37. The minimum atomic E-state index is -0.682. The Balaban J connectivity index is 1.36.